The maximum atomic E-state index is 11.6. The van der Waals surface area contributed by atoms with E-state index >= 15 is 0 Å². The van der Waals surface area contributed by atoms with Crippen molar-refractivity contribution in [1.82, 2.24) is 0 Å². The molecule has 0 aromatic heterocycles. The molecule has 0 rings (SSSR count). The second-order valence-corrected chi connectivity index (χ2v) is 4.83. The number of esters is 1. The molecule has 2 N–H and O–H groups in total. The predicted molar refractivity (Wildman–Crippen MR) is 68.4 cm³/mol. The second-order valence-electron chi connectivity index (χ2n) is 4.83. The van der Waals surface area contributed by atoms with E-state index in [1.165, 1.54) is 25.3 Å². The third-order valence-electron chi connectivity index (χ3n) is 1.90. The Bertz CT molecular complexity index is 364. The molecule has 0 saturated heterocycles. The number of rotatable bonds is 5. The fourth-order valence-corrected chi connectivity index (χ4v) is 0.984. The van der Waals surface area contributed by atoms with Gasteiger partial charge in [0.05, 0.1) is 7.11 Å². The van der Waals surface area contributed by atoms with Gasteiger partial charge in [0.25, 0.3) is 0 Å². The van der Waals surface area contributed by atoms with Crippen LogP contribution < -0.4 is 5.73 Å². The summed E-state index contributed by atoms with van der Waals surface area (Å²) in [6, 6.07) is 0. The Hall–Kier alpha value is -1.78. The maximum Gasteiger partial charge on any atom is 0.330 e. The highest BCUT2D eigenvalue weighted by atomic mass is 16.6. The topological polar surface area (TPSA) is 78.6 Å². The molecule has 0 amide bonds. The smallest absolute Gasteiger partial charge is 0.330 e. The van der Waals surface area contributed by atoms with Crippen LogP contribution in [-0.2, 0) is 19.1 Å². The molecule has 0 spiro atoms. The lowest BCUT2D eigenvalue weighted by atomic mass is 10.1. The maximum absolute atomic E-state index is 11.6. The third kappa shape index (κ3) is 7.49. The van der Waals surface area contributed by atoms with Gasteiger partial charge in [0.1, 0.15) is 5.60 Å². The number of hydrogen-bond donors (Lipinski definition) is 1. The lowest BCUT2D eigenvalue weighted by molar-refractivity contribution is -0.148. The molecule has 0 aliphatic carbocycles. The van der Waals surface area contributed by atoms with Crippen LogP contribution in [-0.4, -0.2) is 24.5 Å². The van der Waals surface area contributed by atoms with Gasteiger partial charge in [-0.1, -0.05) is 13.0 Å². The molecule has 0 radical (unpaired) electrons. The number of nitrogens with two attached hydrogens (primary N) is 1. The zero-order valence-corrected chi connectivity index (χ0v) is 11.5. The van der Waals surface area contributed by atoms with Crippen molar-refractivity contribution in [3.05, 3.63) is 24.1 Å². The molecule has 0 saturated carbocycles. The van der Waals surface area contributed by atoms with E-state index in [-0.39, 0.29) is 11.7 Å². The highest BCUT2D eigenvalue weighted by Gasteiger charge is 2.15. The predicted octanol–water partition coefficient (Wildman–Crippen LogP) is 1.54. The average molecular weight is 255 g/mol. The summed E-state index contributed by atoms with van der Waals surface area (Å²) >= 11 is 0. The highest BCUT2D eigenvalue weighted by Crippen LogP contribution is 2.08. The largest absolute Gasteiger partial charge is 0.483 e. The lowest BCUT2D eigenvalue weighted by Crippen LogP contribution is -2.22. The SMILES string of the molecule is COC(N)=CC(=O)C(C)/C=C\C(=O)OC(C)(C)C. The van der Waals surface area contributed by atoms with Gasteiger partial charge in [-0.15, -0.1) is 0 Å². The van der Waals surface area contributed by atoms with Crippen LogP contribution in [0.15, 0.2) is 24.1 Å². The van der Waals surface area contributed by atoms with E-state index in [1.54, 1.807) is 27.7 Å². The van der Waals surface area contributed by atoms with Crippen molar-refractivity contribution in [1.29, 1.82) is 0 Å². The Morgan fingerprint density at radius 3 is 2.28 bits per heavy atom. The number of allylic oxidation sites excluding steroid dienone is 2. The van der Waals surface area contributed by atoms with Crippen LogP contribution >= 0.6 is 0 Å². The van der Waals surface area contributed by atoms with E-state index in [0.717, 1.165) is 0 Å². The Kier molecular flexibility index (Phi) is 6.16. The molecule has 0 aliphatic heterocycles. The van der Waals surface area contributed by atoms with E-state index in [9.17, 15) is 9.59 Å². The van der Waals surface area contributed by atoms with Crippen molar-refractivity contribution in [3.63, 3.8) is 0 Å². The van der Waals surface area contributed by atoms with Gasteiger partial charge in [-0.3, -0.25) is 4.79 Å². The molecule has 18 heavy (non-hydrogen) atoms. The van der Waals surface area contributed by atoms with Crippen molar-refractivity contribution in [2.45, 2.75) is 33.3 Å². The van der Waals surface area contributed by atoms with Gasteiger partial charge in [0.15, 0.2) is 11.7 Å². The fraction of sp³-hybridized carbons (Fsp3) is 0.538. The van der Waals surface area contributed by atoms with E-state index < -0.39 is 17.5 Å². The fourth-order valence-electron chi connectivity index (χ4n) is 0.984. The van der Waals surface area contributed by atoms with Crippen LogP contribution in [0.4, 0.5) is 0 Å². The molecule has 0 fully saturated rings. The zero-order chi connectivity index (χ0) is 14.3. The molecule has 0 aromatic rings. The van der Waals surface area contributed by atoms with Crippen molar-refractivity contribution >= 4 is 11.8 Å². The van der Waals surface area contributed by atoms with Crippen LogP contribution in [0.2, 0.25) is 0 Å². The summed E-state index contributed by atoms with van der Waals surface area (Å²) in [4.78, 5) is 22.9. The Labute approximate surface area is 108 Å². The van der Waals surface area contributed by atoms with Gasteiger partial charge >= 0.3 is 5.97 Å². The standard InChI is InChI=1S/C13H21NO4/c1-9(10(15)8-11(14)17-5)6-7-12(16)18-13(2,3)4/h6-9H,14H2,1-5H3/b7-6-,11-8?. The summed E-state index contributed by atoms with van der Waals surface area (Å²) in [5.74, 6) is -1.15. The monoisotopic (exact) mass is 255 g/mol. The Balaban J connectivity index is 4.44. The molecule has 5 heteroatoms. The summed E-state index contributed by atoms with van der Waals surface area (Å²) in [5, 5.41) is 0. The summed E-state index contributed by atoms with van der Waals surface area (Å²) in [7, 11) is 1.38. The number of carbonyl (C=O) groups excluding carboxylic acids is 2. The van der Waals surface area contributed by atoms with Crippen LogP contribution in [0.25, 0.3) is 0 Å². The minimum Gasteiger partial charge on any atom is -0.483 e. The second kappa shape index (κ2) is 6.83. The van der Waals surface area contributed by atoms with E-state index in [4.69, 9.17) is 10.5 Å². The van der Waals surface area contributed by atoms with E-state index in [2.05, 4.69) is 4.74 Å². The van der Waals surface area contributed by atoms with Crippen molar-refractivity contribution in [3.8, 4) is 0 Å². The normalized spacial score (nSPS) is 14.4. The molecule has 0 aliphatic rings. The minimum atomic E-state index is -0.547. The first kappa shape index (κ1) is 16.2. The van der Waals surface area contributed by atoms with Gasteiger partial charge in [-0.2, -0.15) is 0 Å². The van der Waals surface area contributed by atoms with E-state index in [0.29, 0.717) is 0 Å². The van der Waals surface area contributed by atoms with Gasteiger partial charge in [-0.25, -0.2) is 4.79 Å². The quantitative estimate of drug-likeness (QED) is 0.458. The zero-order valence-electron chi connectivity index (χ0n) is 11.5. The van der Waals surface area contributed by atoms with Gasteiger partial charge in [0.2, 0.25) is 0 Å². The number of ketones is 1. The summed E-state index contributed by atoms with van der Waals surface area (Å²) in [5.41, 5.74) is 4.81. The van der Waals surface area contributed by atoms with Gasteiger partial charge in [0, 0.05) is 18.1 Å². The molecule has 5 nitrogen and oxygen atoms in total. The first-order valence-electron chi connectivity index (χ1n) is 5.62. The lowest BCUT2D eigenvalue weighted by Gasteiger charge is -2.18. The molecule has 1 unspecified atom stereocenters. The van der Waals surface area contributed by atoms with Crippen molar-refractivity contribution in [2.75, 3.05) is 7.11 Å². The molecular formula is C13H21NO4. The molecule has 0 heterocycles. The molecule has 0 bridgehead atoms. The van der Waals surface area contributed by atoms with Crippen molar-refractivity contribution < 1.29 is 19.1 Å². The Morgan fingerprint density at radius 2 is 1.83 bits per heavy atom. The van der Waals surface area contributed by atoms with Crippen LogP contribution in [0.5, 0.6) is 0 Å². The van der Waals surface area contributed by atoms with Gasteiger partial charge < -0.3 is 15.2 Å². The number of carbonyl (C=O) groups is 2. The first-order chi connectivity index (χ1) is 8.15. The van der Waals surface area contributed by atoms with Gasteiger partial charge in [-0.05, 0) is 20.8 Å². The van der Waals surface area contributed by atoms with Crippen LogP contribution in [0.3, 0.4) is 0 Å². The van der Waals surface area contributed by atoms with Crippen LogP contribution in [0.1, 0.15) is 27.7 Å². The minimum absolute atomic E-state index is 0.0394. The number of hydrogen-bond acceptors (Lipinski definition) is 5. The van der Waals surface area contributed by atoms with E-state index in [1.807, 2.05) is 0 Å². The highest BCUT2D eigenvalue weighted by molar-refractivity contribution is 5.94. The first-order valence-corrected chi connectivity index (χ1v) is 5.62. The van der Waals surface area contributed by atoms with Crippen molar-refractivity contribution in [2.24, 2.45) is 11.7 Å². The average Bonchev–Trinajstić information content (AvgIpc) is 2.23. The third-order valence-corrected chi connectivity index (χ3v) is 1.90. The van der Waals surface area contributed by atoms with Crippen LogP contribution in [0, 0.1) is 5.92 Å². The molecule has 0 aromatic carbocycles. The number of ether oxygens (including phenoxy) is 2. The number of methoxy groups -OCH3 is 1. The summed E-state index contributed by atoms with van der Waals surface area (Å²) in [6.07, 6.45) is 3.89. The molecule has 1 atom stereocenters. The molecular weight excluding hydrogens is 234 g/mol. The Morgan fingerprint density at radius 1 is 1.28 bits per heavy atom. The summed E-state index contributed by atoms with van der Waals surface area (Å²) in [6.45, 7) is 6.97. The molecule has 102 valence electrons. The summed E-state index contributed by atoms with van der Waals surface area (Å²) < 4.78 is 9.73.